The van der Waals surface area contributed by atoms with Gasteiger partial charge in [-0.3, -0.25) is 0 Å². The van der Waals surface area contributed by atoms with Gasteiger partial charge in [-0.2, -0.15) is 0 Å². The zero-order valence-electron chi connectivity index (χ0n) is 8.54. The Morgan fingerprint density at radius 2 is 1.71 bits per heavy atom. The van der Waals surface area contributed by atoms with Gasteiger partial charge in [0.1, 0.15) is 5.60 Å². The van der Waals surface area contributed by atoms with E-state index in [1.807, 2.05) is 0 Å². The molecule has 0 aromatic heterocycles. The lowest BCUT2D eigenvalue weighted by atomic mass is 9.82. The minimum Gasteiger partial charge on any atom is -0.366 e. The van der Waals surface area contributed by atoms with Gasteiger partial charge in [0.2, 0.25) is 0 Å². The van der Waals surface area contributed by atoms with E-state index in [9.17, 15) is 0 Å². The van der Waals surface area contributed by atoms with Crippen LogP contribution in [0.4, 0.5) is 0 Å². The minimum atomic E-state index is -0.388. The molecule has 0 bridgehead atoms. The molecule has 3 nitrogen and oxygen atoms in total. The molecule has 1 heterocycles. The normalized spacial score (nSPS) is 28.9. The van der Waals surface area contributed by atoms with Crippen LogP contribution in [0, 0.1) is 12.3 Å². The lowest BCUT2D eigenvalue weighted by Crippen LogP contribution is -2.43. The first-order valence-electron chi connectivity index (χ1n) is 5.05. The Labute approximate surface area is 84.7 Å². The highest BCUT2D eigenvalue weighted by Crippen LogP contribution is 2.41. The Morgan fingerprint density at radius 3 is 2.14 bits per heavy atom. The maximum Gasteiger partial charge on any atom is 0.168 e. The van der Waals surface area contributed by atoms with E-state index in [1.165, 1.54) is 0 Å². The van der Waals surface area contributed by atoms with Crippen molar-refractivity contribution in [2.24, 2.45) is 0 Å². The Balaban J connectivity index is 2.01. The van der Waals surface area contributed by atoms with Crippen molar-refractivity contribution < 1.29 is 14.2 Å². The molecule has 1 spiro atoms. The summed E-state index contributed by atoms with van der Waals surface area (Å²) in [4.78, 5) is 0. The van der Waals surface area contributed by atoms with Crippen molar-refractivity contribution >= 4 is 0 Å². The maximum atomic E-state index is 5.62. The van der Waals surface area contributed by atoms with Crippen LogP contribution in [0.5, 0.6) is 0 Å². The van der Waals surface area contributed by atoms with Gasteiger partial charge in [0.05, 0.1) is 13.2 Å². The van der Waals surface area contributed by atoms with E-state index >= 15 is 0 Å². The van der Waals surface area contributed by atoms with Crippen LogP contribution < -0.4 is 0 Å². The summed E-state index contributed by atoms with van der Waals surface area (Å²) in [6.07, 6.45) is 8.79. The summed E-state index contributed by atoms with van der Waals surface area (Å²) >= 11 is 0. The third-order valence-corrected chi connectivity index (χ3v) is 3.29. The number of methoxy groups -OCH3 is 1. The molecular weight excluding hydrogens is 180 g/mol. The quantitative estimate of drug-likeness (QED) is 0.592. The van der Waals surface area contributed by atoms with Gasteiger partial charge in [0, 0.05) is 20.0 Å². The molecular formula is C11H16O3. The monoisotopic (exact) mass is 196 g/mol. The van der Waals surface area contributed by atoms with Crippen LogP contribution >= 0.6 is 0 Å². The van der Waals surface area contributed by atoms with Crippen molar-refractivity contribution in [3.8, 4) is 12.3 Å². The smallest absolute Gasteiger partial charge is 0.168 e. The van der Waals surface area contributed by atoms with Gasteiger partial charge >= 0.3 is 0 Å². The Morgan fingerprint density at radius 1 is 1.14 bits per heavy atom. The van der Waals surface area contributed by atoms with Gasteiger partial charge in [0.15, 0.2) is 5.79 Å². The second-order valence-corrected chi connectivity index (χ2v) is 3.95. The molecule has 78 valence electrons. The topological polar surface area (TPSA) is 27.7 Å². The van der Waals surface area contributed by atoms with Crippen LogP contribution in [0.3, 0.4) is 0 Å². The molecule has 0 N–H and O–H groups in total. The van der Waals surface area contributed by atoms with E-state index in [2.05, 4.69) is 5.92 Å². The Hall–Kier alpha value is -0.560. The molecule has 1 saturated carbocycles. The van der Waals surface area contributed by atoms with Gasteiger partial charge in [-0.15, -0.1) is 6.42 Å². The van der Waals surface area contributed by atoms with E-state index in [1.54, 1.807) is 7.11 Å². The number of hydrogen-bond acceptors (Lipinski definition) is 3. The standard InChI is InChI=1S/C11H16O3/c1-3-10(12-2)4-6-11(7-5-10)13-8-9-14-11/h1H,4-9H2,2H3. The summed E-state index contributed by atoms with van der Waals surface area (Å²) in [5, 5.41) is 0. The van der Waals surface area contributed by atoms with Gasteiger partial charge < -0.3 is 14.2 Å². The molecule has 2 rings (SSSR count). The average Bonchev–Trinajstić information content (AvgIpc) is 2.69. The van der Waals surface area contributed by atoms with Gasteiger partial charge in [-0.05, 0) is 12.8 Å². The van der Waals surface area contributed by atoms with E-state index in [4.69, 9.17) is 20.6 Å². The predicted molar refractivity (Wildman–Crippen MR) is 51.7 cm³/mol. The van der Waals surface area contributed by atoms with Crippen LogP contribution in [-0.4, -0.2) is 31.7 Å². The molecule has 2 fully saturated rings. The molecule has 0 aromatic carbocycles. The van der Waals surface area contributed by atoms with Crippen molar-refractivity contribution in [1.29, 1.82) is 0 Å². The van der Waals surface area contributed by atoms with E-state index in [-0.39, 0.29) is 11.4 Å². The summed E-state index contributed by atoms with van der Waals surface area (Å²) in [6, 6.07) is 0. The summed E-state index contributed by atoms with van der Waals surface area (Å²) in [7, 11) is 1.67. The fraction of sp³-hybridized carbons (Fsp3) is 0.818. The third kappa shape index (κ3) is 1.54. The molecule has 1 aliphatic carbocycles. The van der Waals surface area contributed by atoms with Gasteiger partial charge in [-0.1, -0.05) is 5.92 Å². The fourth-order valence-electron chi connectivity index (χ4n) is 2.23. The number of rotatable bonds is 1. The minimum absolute atomic E-state index is 0.348. The summed E-state index contributed by atoms with van der Waals surface area (Å²) in [5.74, 6) is 2.39. The summed E-state index contributed by atoms with van der Waals surface area (Å²) < 4.78 is 16.6. The number of terminal acetylenes is 1. The molecule has 0 unspecified atom stereocenters. The average molecular weight is 196 g/mol. The molecule has 3 heteroatoms. The zero-order chi connectivity index (χ0) is 10.1. The van der Waals surface area contributed by atoms with Crippen LogP contribution in [0.2, 0.25) is 0 Å². The van der Waals surface area contributed by atoms with Crippen molar-refractivity contribution in [1.82, 2.24) is 0 Å². The van der Waals surface area contributed by atoms with Crippen molar-refractivity contribution in [2.45, 2.75) is 37.1 Å². The number of hydrogen-bond donors (Lipinski definition) is 0. The molecule has 0 radical (unpaired) electrons. The van der Waals surface area contributed by atoms with E-state index < -0.39 is 0 Å². The van der Waals surface area contributed by atoms with E-state index in [0.717, 1.165) is 25.7 Å². The van der Waals surface area contributed by atoms with Crippen LogP contribution in [0.1, 0.15) is 25.7 Å². The maximum absolute atomic E-state index is 5.62. The highest BCUT2D eigenvalue weighted by molar-refractivity contribution is 5.11. The van der Waals surface area contributed by atoms with Crippen LogP contribution in [0.25, 0.3) is 0 Å². The van der Waals surface area contributed by atoms with Gasteiger partial charge in [-0.25, -0.2) is 0 Å². The SMILES string of the molecule is C#CC1(OC)CCC2(CC1)OCCO2. The first-order chi connectivity index (χ1) is 6.74. The molecule has 1 aliphatic heterocycles. The largest absolute Gasteiger partial charge is 0.366 e. The van der Waals surface area contributed by atoms with Crippen molar-refractivity contribution in [2.75, 3.05) is 20.3 Å². The Bertz CT molecular complexity index is 238. The molecule has 0 aromatic rings. The van der Waals surface area contributed by atoms with Gasteiger partial charge in [0.25, 0.3) is 0 Å². The van der Waals surface area contributed by atoms with Crippen molar-refractivity contribution in [3.63, 3.8) is 0 Å². The molecule has 1 saturated heterocycles. The summed E-state index contributed by atoms with van der Waals surface area (Å²) in [6.45, 7) is 1.41. The zero-order valence-corrected chi connectivity index (χ0v) is 8.54. The first-order valence-corrected chi connectivity index (χ1v) is 5.05. The van der Waals surface area contributed by atoms with E-state index in [0.29, 0.717) is 13.2 Å². The molecule has 0 atom stereocenters. The lowest BCUT2D eigenvalue weighted by Gasteiger charge is -2.39. The fourth-order valence-corrected chi connectivity index (χ4v) is 2.23. The summed E-state index contributed by atoms with van der Waals surface area (Å²) in [5.41, 5.74) is -0.388. The molecule has 2 aliphatic rings. The highest BCUT2D eigenvalue weighted by Gasteiger charge is 2.45. The first kappa shape index (κ1) is 9.97. The highest BCUT2D eigenvalue weighted by atomic mass is 16.7. The molecule has 0 amide bonds. The predicted octanol–water partition coefficient (Wildman–Crippen LogP) is 1.32. The molecule has 14 heavy (non-hydrogen) atoms. The van der Waals surface area contributed by atoms with Crippen LogP contribution in [0.15, 0.2) is 0 Å². The van der Waals surface area contributed by atoms with Crippen LogP contribution in [-0.2, 0) is 14.2 Å². The third-order valence-electron chi connectivity index (χ3n) is 3.29. The second kappa shape index (κ2) is 3.54. The second-order valence-electron chi connectivity index (χ2n) is 3.95. The van der Waals surface area contributed by atoms with Crippen molar-refractivity contribution in [3.05, 3.63) is 0 Å². The Kier molecular flexibility index (Phi) is 2.52. The number of ether oxygens (including phenoxy) is 3. The lowest BCUT2D eigenvalue weighted by molar-refractivity contribution is -0.198.